The number of hydrogen-bond acceptors (Lipinski definition) is 4. The molecule has 4 rings (SSSR count). The van der Waals surface area contributed by atoms with E-state index in [1.807, 2.05) is 7.05 Å². The van der Waals surface area contributed by atoms with Gasteiger partial charge in [0, 0.05) is 43.5 Å². The van der Waals surface area contributed by atoms with Crippen LogP contribution in [0.2, 0.25) is 5.02 Å². The van der Waals surface area contributed by atoms with Crippen molar-refractivity contribution in [3.05, 3.63) is 63.8 Å². The fourth-order valence-corrected chi connectivity index (χ4v) is 4.05. The molecular formula is C23H23ClFN3O3. The van der Waals surface area contributed by atoms with Gasteiger partial charge in [-0.1, -0.05) is 11.6 Å². The van der Waals surface area contributed by atoms with Crippen molar-refractivity contribution >= 4 is 28.3 Å². The van der Waals surface area contributed by atoms with Gasteiger partial charge in [0.25, 0.3) is 11.5 Å². The maximum Gasteiger partial charge on any atom is 0.263 e. The molecule has 2 heterocycles. The van der Waals surface area contributed by atoms with E-state index in [2.05, 4.69) is 9.88 Å². The van der Waals surface area contributed by atoms with Crippen LogP contribution in [0.5, 0.6) is 5.75 Å². The van der Waals surface area contributed by atoms with Crippen LogP contribution in [-0.2, 0) is 4.79 Å². The molecule has 1 atom stereocenters. The summed E-state index contributed by atoms with van der Waals surface area (Å²) in [6, 6.07) is 9.21. The first-order valence-electron chi connectivity index (χ1n) is 10.1. The Morgan fingerprint density at radius 2 is 1.84 bits per heavy atom. The largest absolute Gasteiger partial charge is 0.481 e. The fraction of sp³-hybridized carbons (Fsp3) is 0.304. The number of amides is 1. The minimum Gasteiger partial charge on any atom is -0.481 e. The molecule has 1 aromatic heterocycles. The van der Waals surface area contributed by atoms with Gasteiger partial charge in [0.15, 0.2) is 6.10 Å². The number of fused-ring (bicyclic) bond motifs is 1. The van der Waals surface area contributed by atoms with Gasteiger partial charge in [0.1, 0.15) is 11.6 Å². The second-order valence-corrected chi connectivity index (χ2v) is 8.16. The van der Waals surface area contributed by atoms with Crippen molar-refractivity contribution in [3.63, 3.8) is 0 Å². The first kappa shape index (κ1) is 21.3. The number of carbonyl (C=O) groups is 1. The normalized spacial score (nSPS) is 15.8. The number of hydrogen-bond donors (Lipinski definition) is 1. The summed E-state index contributed by atoms with van der Waals surface area (Å²) in [7, 11) is 2.03. The molecule has 1 amide bonds. The molecule has 1 N–H and O–H groups in total. The monoisotopic (exact) mass is 443 g/mol. The van der Waals surface area contributed by atoms with Crippen LogP contribution in [0.25, 0.3) is 21.9 Å². The zero-order valence-electron chi connectivity index (χ0n) is 17.3. The third-order valence-corrected chi connectivity index (χ3v) is 5.88. The van der Waals surface area contributed by atoms with Crippen LogP contribution >= 0.6 is 11.6 Å². The maximum absolute atomic E-state index is 13.4. The second-order valence-electron chi connectivity index (χ2n) is 7.75. The number of H-pyrrole nitrogens is 1. The number of carbonyl (C=O) groups excluding carboxylic acids is 1. The van der Waals surface area contributed by atoms with Gasteiger partial charge in [-0.3, -0.25) is 9.59 Å². The summed E-state index contributed by atoms with van der Waals surface area (Å²) in [5.74, 6) is -0.0820. The van der Waals surface area contributed by atoms with Crippen molar-refractivity contribution in [1.29, 1.82) is 0 Å². The molecule has 0 saturated carbocycles. The molecule has 6 nitrogen and oxygen atoms in total. The fourth-order valence-electron chi connectivity index (χ4n) is 3.78. The molecule has 1 saturated heterocycles. The summed E-state index contributed by atoms with van der Waals surface area (Å²) in [5.41, 5.74) is 0.991. The van der Waals surface area contributed by atoms with Crippen molar-refractivity contribution in [3.8, 4) is 16.9 Å². The average molecular weight is 444 g/mol. The Kier molecular flexibility index (Phi) is 5.98. The van der Waals surface area contributed by atoms with Crippen molar-refractivity contribution in [2.45, 2.75) is 13.0 Å². The Morgan fingerprint density at radius 3 is 2.55 bits per heavy atom. The van der Waals surface area contributed by atoms with Gasteiger partial charge in [0.2, 0.25) is 0 Å². The van der Waals surface area contributed by atoms with Gasteiger partial charge >= 0.3 is 0 Å². The molecule has 1 aliphatic rings. The highest BCUT2D eigenvalue weighted by atomic mass is 35.5. The zero-order valence-corrected chi connectivity index (χ0v) is 18.1. The summed E-state index contributed by atoms with van der Waals surface area (Å²) < 4.78 is 19.3. The SMILES string of the molecule is C[C@@H](Oc1ccc2c(-c3ccc(F)cc3Cl)c[nH]c(=O)c2c1)C(=O)N1CCN(C)CC1. The summed E-state index contributed by atoms with van der Waals surface area (Å²) in [4.78, 5) is 31.9. The lowest BCUT2D eigenvalue weighted by Gasteiger charge is -2.33. The van der Waals surface area contributed by atoms with Crippen LogP contribution in [0, 0.1) is 5.82 Å². The highest BCUT2D eigenvalue weighted by Gasteiger charge is 2.25. The van der Waals surface area contributed by atoms with E-state index in [0.29, 0.717) is 40.7 Å². The molecule has 0 unspecified atom stereocenters. The van der Waals surface area contributed by atoms with Gasteiger partial charge in [-0.05, 0) is 55.8 Å². The molecule has 0 radical (unpaired) electrons. The number of piperazine rings is 1. The van der Waals surface area contributed by atoms with Crippen molar-refractivity contribution in [2.24, 2.45) is 0 Å². The highest BCUT2D eigenvalue weighted by molar-refractivity contribution is 6.33. The van der Waals surface area contributed by atoms with E-state index in [1.165, 1.54) is 12.1 Å². The molecule has 31 heavy (non-hydrogen) atoms. The first-order chi connectivity index (χ1) is 14.8. The Morgan fingerprint density at radius 1 is 1.10 bits per heavy atom. The third-order valence-electron chi connectivity index (χ3n) is 5.57. The van der Waals surface area contributed by atoms with Crippen LogP contribution in [0.4, 0.5) is 4.39 Å². The van der Waals surface area contributed by atoms with Gasteiger partial charge in [0.05, 0.1) is 10.4 Å². The van der Waals surface area contributed by atoms with Crippen LogP contribution in [0.3, 0.4) is 0 Å². The van der Waals surface area contributed by atoms with Crippen molar-refractivity contribution in [1.82, 2.24) is 14.8 Å². The molecule has 1 aliphatic heterocycles. The predicted molar refractivity (Wildman–Crippen MR) is 119 cm³/mol. The molecule has 0 bridgehead atoms. The minimum absolute atomic E-state index is 0.0750. The Bertz CT molecular complexity index is 1190. The lowest BCUT2D eigenvalue weighted by atomic mass is 10.0. The van der Waals surface area contributed by atoms with E-state index < -0.39 is 11.9 Å². The molecule has 8 heteroatoms. The van der Waals surface area contributed by atoms with Crippen LogP contribution in [0.15, 0.2) is 47.4 Å². The van der Waals surface area contributed by atoms with Gasteiger partial charge in [-0.2, -0.15) is 0 Å². The Labute approximate surface area is 184 Å². The molecule has 162 valence electrons. The predicted octanol–water partition coefficient (Wildman–Crippen LogP) is 3.53. The molecule has 0 aliphatic carbocycles. The standard InChI is InChI=1S/C23H23ClFN3O3/c1-14(23(30)28-9-7-27(2)8-10-28)31-16-4-6-17-19(12-16)22(29)26-13-20(17)18-5-3-15(25)11-21(18)24/h3-6,11-14H,7-10H2,1-2H3,(H,26,29)/t14-/m1/s1. The van der Waals surface area contributed by atoms with E-state index in [9.17, 15) is 14.0 Å². The van der Waals surface area contributed by atoms with E-state index in [4.69, 9.17) is 16.3 Å². The number of rotatable bonds is 4. The summed E-state index contributed by atoms with van der Waals surface area (Å²) >= 11 is 6.22. The van der Waals surface area contributed by atoms with Crippen molar-refractivity contribution in [2.75, 3.05) is 33.2 Å². The number of halogens is 2. The highest BCUT2D eigenvalue weighted by Crippen LogP contribution is 2.33. The number of aromatic amines is 1. The topological polar surface area (TPSA) is 65.6 Å². The lowest BCUT2D eigenvalue weighted by molar-refractivity contribution is -0.139. The van der Waals surface area contributed by atoms with E-state index in [1.54, 1.807) is 42.3 Å². The maximum atomic E-state index is 13.4. The number of ether oxygens (including phenoxy) is 1. The van der Waals surface area contributed by atoms with Gasteiger partial charge in [-0.15, -0.1) is 0 Å². The second kappa shape index (κ2) is 8.69. The Hall–Kier alpha value is -2.90. The third kappa shape index (κ3) is 4.43. The van der Waals surface area contributed by atoms with Crippen LogP contribution in [-0.4, -0.2) is 60.0 Å². The number of nitrogens with one attached hydrogen (secondary N) is 1. The van der Waals surface area contributed by atoms with Crippen molar-refractivity contribution < 1.29 is 13.9 Å². The van der Waals surface area contributed by atoms with E-state index in [-0.39, 0.29) is 16.5 Å². The number of benzene rings is 2. The molecular weight excluding hydrogens is 421 g/mol. The number of nitrogens with zero attached hydrogens (tertiary/aromatic N) is 2. The molecule has 3 aromatic rings. The molecule has 1 fully saturated rings. The minimum atomic E-state index is -0.672. The smallest absolute Gasteiger partial charge is 0.263 e. The van der Waals surface area contributed by atoms with Gasteiger partial charge < -0.3 is 19.5 Å². The van der Waals surface area contributed by atoms with E-state index >= 15 is 0 Å². The summed E-state index contributed by atoms with van der Waals surface area (Å²) in [5, 5.41) is 1.30. The summed E-state index contributed by atoms with van der Waals surface area (Å²) in [6.45, 7) is 4.71. The number of aromatic nitrogens is 1. The molecule has 0 spiro atoms. The first-order valence-corrected chi connectivity index (χ1v) is 10.5. The van der Waals surface area contributed by atoms with E-state index in [0.717, 1.165) is 13.1 Å². The van der Waals surface area contributed by atoms with Crippen LogP contribution < -0.4 is 10.3 Å². The molecule has 2 aromatic carbocycles. The van der Waals surface area contributed by atoms with Gasteiger partial charge in [-0.25, -0.2) is 4.39 Å². The average Bonchev–Trinajstić information content (AvgIpc) is 2.75. The summed E-state index contributed by atoms with van der Waals surface area (Å²) in [6.07, 6.45) is 0.888. The quantitative estimate of drug-likeness (QED) is 0.670. The lowest BCUT2D eigenvalue weighted by Crippen LogP contribution is -2.50. The zero-order chi connectivity index (χ0) is 22.1. The number of pyridine rings is 1. The Balaban J connectivity index is 1.62. The van der Waals surface area contributed by atoms with Crippen LogP contribution in [0.1, 0.15) is 6.92 Å². The number of likely N-dealkylation sites (N-methyl/N-ethyl adjacent to an activating group) is 1.